The molecule has 2 aromatic rings. The lowest BCUT2D eigenvalue weighted by Crippen LogP contribution is -2.15. The van der Waals surface area contributed by atoms with Crippen molar-refractivity contribution in [3.05, 3.63) is 59.2 Å². The van der Waals surface area contributed by atoms with Gasteiger partial charge in [0.1, 0.15) is 5.75 Å². The summed E-state index contributed by atoms with van der Waals surface area (Å²) in [6.45, 7) is 2.45. The number of phenols is 1. The Balaban J connectivity index is 2.21. The summed E-state index contributed by atoms with van der Waals surface area (Å²) in [4.78, 5) is 12.2. The van der Waals surface area contributed by atoms with Crippen LogP contribution in [-0.2, 0) is 6.54 Å². The molecule has 0 aromatic heterocycles. The van der Waals surface area contributed by atoms with E-state index in [0.29, 0.717) is 17.7 Å². The fourth-order valence-electron chi connectivity index (χ4n) is 1.98. The summed E-state index contributed by atoms with van der Waals surface area (Å²) in [7, 11) is 1.86. The van der Waals surface area contributed by atoms with E-state index in [0.717, 1.165) is 11.3 Å². The Labute approximate surface area is 118 Å². The van der Waals surface area contributed by atoms with Crippen LogP contribution < -0.4 is 10.6 Å². The Morgan fingerprint density at radius 3 is 2.65 bits per heavy atom. The van der Waals surface area contributed by atoms with E-state index in [1.807, 2.05) is 31.3 Å². The molecule has 0 spiro atoms. The van der Waals surface area contributed by atoms with E-state index in [9.17, 15) is 9.90 Å². The third-order valence-corrected chi connectivity index (χ3v) is 3.09. The zero-order valence-electron chi connectivity index (χ0n) is 11.6. The molecule has 2 rings (SSSR count). The maximum absolute atomic E-state index is 12.2. The minimum absolute atomic E-state index is 0.184. The maximum atomic E-state index is 12.2. The minimum Gasteiger partial charge on any atom is -0.508 e. The SMILES string of the molecule is CNCc1ccccc1NC(=O)c1ccc(O)c(C)c1. The smallest absolute Gasteiger partial charge is 0.255 e. The van der Waals surface area contributed by atoms with Gasteiger partial charge in [0.25, 0.3) is 5.91 Å². The number of benzene rings is 2. The molecule has 4 heteroatoms. The van der Waals surface area contributed by atoms with E-state index in [1.54, 1.807) is 19.1 Å². The van der Waals surface area contributed by atoms with Crippen LogP contribution in [0.25, 0.3) is 0 Å². The second kappa shape index (κ2) is 6.21. The van der Waals surface area contributed by atoms with Gasteiger partial charge < -0.3 is 15.7 Å². The van der Waals surface area contributed by atoms with Crippen molar-refractivity contribution in [3.8, 4) is 5.75 Å². The molecule has 0 aliphatic rings. The van der Waals surface area contributed by atoms with E-state index >= 15 is 0 Å². The average molecular weight is 270 g/mol. The second-order valence-corrected chi connectivity index (χ2v) is 4.64. The van der Waals surface area contributed by atoms with E-state index < -0.39 is 0 Å². The predicted molar refractivity (Wildman–Crippen MR) is 80.0 cm³/mol. The molecule has 104 valence electrons. The number of hydrogen-bond acceptors (Lipinski definition) is 3. The minimum atomic E-state index is -0.184. The van der Waals surface area contributed by atoms with E-state index in [-0.39, 0.29) is 11.7 Å². The van der Waals surface area contributed by atoms with Gasteiger partial charge in [-0.2, -0.15) is 0 Å². The van der Waals surface area contributed by atoms with Crippen LogP contribution in [0.5, 0.6) is 5.75 Å². The fraction of sp³-hybridized carbons (Fsp3) is 0.188. The van der Waals surface area contributed by atoms with Crippen molar-refractivity contribution in [3.63, 3.8) is 0 Å². The van der Waals surface area contributed by atoms with Crippen LogP contribution in [0.1, 0.15) is 21.5 Å². The van der Waals surface area contributed by atoms with Crippen molar-refractivity contribution in [2.45, 2.75) is 13.5 Å². The zero-order chi connectivity index (χ0) is 14.5. The van der Waals surface area contributed by atoms with E-state index in [2.05, 4.69) is 10.6 Å². The van der Waals surface area contributed by atoms with Crippen LogP contribution in [0.2, 0.25) is 0 Å². The topological polar surface area (TPSA) is 61.4 Å². The van der Waals surface area contributed by atoms with Gasteiger partial charge in [0.05, 0.1) is 0 Å². The molecule has 0 atom stereocenters. The van der Waals surface area contributed by atoms with Crippen LogP contribution >= 0.6 is 0 Å². The van der Waals surface area contributed by atoms with Crippen LogP contribution in [-0.4, -0.2) is 18.1 Å². The number of carbonyl (C=O) groups excluding carboxylic acids is 1. The number of nitrogens with one attached hydrogen (secondary N) is 2. The summed E-state index contributed by atoms with van der Waals surface area (Å²) in [6.07, 6.45) is 0. The molecule has 0 heterocycles. The van der Waals surface area contributed by atoms with Gasteiger partial charge in [-0.05, 0) is 49.4 Å². The van der Waals surface area contributed by atoms with Crippen LogP contribution in [0.4, 0.5) is 5.69 Å². The Morgan fingerprint density at radius 2 is 1.95 bits per heavy atom. The molecule has 20 heavy (non-hydrogen) atoms. The largest absolute Gasteiger partial charge is 0.508 e. The van der Waals surface area contributed by atoms with Crippen molar-refractivity contribution in [1.82, 2.24) is 5.32 Å². The number of anilines is 1. The summed E-state index contributed by atoms with van der Waals surface area (Å²) >= 11 is 0. The fourth-order valence-corrected chi connectivity index (χ4v) is 1.98. The first-order valence-corrected chi connectivity index (χ1v) is 6.45. The highest BCUT2D eigenvalue weighted by Gasteiger charge is 2.09. The molecule has 0 saturated carbocycles. The third-order valence-electron chi connectivity index (χ3n) is 3.09. The van der Waals surface area contributed by atoms with Gasteiger partial charge in [-0.25, -0.2) is 0 Å². The van der Waals surface area contributed by atoms with Gasteiger partial charge in [-0.15, -0.1) is 0 Å². The number of para-hydroxylation sites is 1. The van der Waals surface area contributed by atoms with Gasteiger partial charge in [-0.3, -0.25) is 4.79 Å². The molecule has 0 saturated heterocycles. The molecule has 4 nitrogen and oxygen atoms in total. The molecule has 1 amide bonds. The van der Waals surface area contributed by atoms with Crippen molar-refractivity contribution in [1.29, 1.82) is 0 Å². The first-order valence-electron chi connectivity index (χ1n) is 6.45. The van der Waals surface area contributed by atoms with Crippen molar-refractivity contribution in [2.75, 3.05) is 12.4 Å². The van der Waals surface area contributed by atoms with Crippen LogP contribution in [0.3, 0.4) is 0 Å². The van der Waals surface area contributed by atoms with Gasteiger partial charge >= 0.3 is 0 Å². The monoisotopic (exact) mass is 270 g/mol. The normalized spacial score (nSPS) is 10.3. The molecule has 0 fully saturated rings. The lowest BCUT2D eigenvalue weighted by molar-refractivity contribution is 0.102. The molecular weight excluding hydrogens is 252 g/mol. The lowest BCUT2D eigenvalue weighted by Gasteiger charge is -2.11. The molecule has 0 unspecified atom stereocenters. The highest BCUT2D eigenvalue weighted by molar-refractivity contribution is 6.04. The standard InChI is InChI=1S/C16H18N2O2/c1-11-9-12(7-8-15(11)19)16(20)18-14-6-4-3-5-13(14)10-17-2/h3-9,17,19H,10H2,1-2H3,(H,18,20). The Hall–Kier alpha value is -2.33. The first-order chi connectivity index (χ1) is 9.61. The molecule has 3 N–H and O–H groups in total. The Bertz CT molecular complexity index is 624. The molecule has 0 aliphatic heterocycles. The van der Waals surface area contributed by atoms with Gasteiger partial charge in [0, 0.05) is 17.8 Å². The number of aromatic hydroxyl groups is 1. The number of amides is 1. The zero-order valence-corrected chi connectivity index (χ0v) is 11.6. The molecule has 0 radical (unpaired) electrons. The predicted octanol–water partition coefficient (Wildman–Crippen LogP) is 2.67. The average Bonchev–Trinajstić information content (AvgIpc) is 2.44. The summed E-state index contributed by atoms with van der Waals surface area (Å²) < 4.78 is 0. The molecule has 2 aromatic carbocycles. The van der Waals surface area contributed by atoms with Crippen LogP contribution in [0, 0.1) is 6.92 Å². The Kier molecular flexibility index (Phi) is 4.38. The van der Waals surface area contributed by atoms with Crippen molar-refractivity contribution in [2.24, 2.45) is 0 Å². The van der Waals surface area contributed by atoms with Gasteiger partial charge in [-0.1, -0.05) is 18.2 Å². The highest BCUT2D eigenvalue weighted by Crippen LogP contribution is 2.19. The highest BCUT2D eigenvalue weighted by atomic mass is 16.3. The summed E-state index contributed by atoms with van der Waals surface area (Å²) in [5.74, 6) is 0.00814. The number of phenolic OH excluding ortho intramolecular Hbond substituents is 1. The van der Waals surface area contributed by atoms with Gasteiger partial charge in [0.15, 0.2) is 0 Å². The number of aryl methyl sites for hydroxylation is 1. The number of rotatable bonds is 4. The van der Waals surface area contributed by atoms with Crippen LogP contribution in [0.15, 0.2) is 42.5 Å². The number of hydrogen-bond donors (Lipinski definition) is 3. The summed E-state index contributed by atoms with van der Waals surface area (Å²) in [6, 6.07) is 12.5. The molecule has 0 bridgehead atoms. The summed E-state index contributed by atoms with van der Waals surface area (Å²) in [5, 5.41) is 15.5. The lowest BCUT2D eigenvalue weighted by atomic mass is 10.1. The third kappa shape index (κ3) is 3.16. The maximum Gasteiger partial charge on any atom is 0.255 e. The number of carbonyl (C=O) groups is 1. The second-order valence-electron chi connectivity index (χ2n) is 4.64. The Morgan fingerprint density at radius 1 is 1.20 bits per heavy atom. The van der Waals surface area contributed by atoms with Gasteiger partial charge in [0.2, 0.25) is 0 Å². The quantitative estimate of drug-likeness (QED) is 0.800. The van der Waals surface area contributed by atoms with E-state index in [4.69, 9.17) is 0 Å². The molecular formula is C16H18N2O2. The summed E-state index contributed by atoms with van der Waals surface area (Å²) in [5.41, 5.74) is 3.03. The molecule has 0 aliphatic carbocycles. The first kappa shape index (κ1) is 14.1. The van der Waals surface area contributed by atoms with Crippen molar-refractivity contribution < 1.29 is 9.90 Å². The van der Waals surface area contributed by atoms with Crippen molar-refractivity contribution >= 4 is 11.6 Å². The van der Waals surface area contributed by atoms with E-state index in [1.165, 1.54) is 6.07 Å².